The monoisotopic (exact) mass is 288 g/mol. The van der Waals surface area contributed by atoms with Gasteiger partial charge in [0.05, 0.1) is 0 Å². The summed E-state index contributed by atoms with van der Waals surface area (Å²) in [6.45, 7) is 3.66. The number of nitrogens with one attached hydrogen (secondary N) is 1. The van der Waals surface area contributed by atoms with Crippen LogP contribution in [0, 0.1) is 6.92 Å². The zero-order chi connectivity index (χ0) is 15.2. The number of aryl methyl sites for hydroxylation is 1. The molecule has 21 heavy (non-hydrogen) atoms. The van der Waals surface area contributed by atoms with Crippen molar-refractivity contribution in [3.63, 3.8) is 0 Å². The molecule has 114 valence electrons. The first kappa shape index (κ1) is 15.5. The summed E-state index contributed by atoms with van der Waals surface area (Å²) in [6.07, 6.45) is 5.55. The van der Waals surface area contributed by atoms with Crippen molar-refractivity contribution in [2.75, 3.05) is 11.9 Å². The number of rotatable bonds is 4. The molecule has 0 aliphatic heterocycles. The van der Waals surface area contributed by atoms with Crippen LogP contribution in [0.3, 0.4) is 0 Å². The predicted molar refractivity (Wildman–Crippen MR) is 84.1 cm³/mol. The summed E-state index contributed by atoms with van der Waals surface area (Å²) in [5.74, 6) is -0.132. The zero-order valence-corrected chi connectivity index (χ0v) is 12.9. The summed E-state index contributed by atoms with van der Waals surface area (Å²) in [5.41, 5.74) is 1.84. The van der Waals surface area contributed by atoms with Gasteiger partial charge in [0.15, 0.2) is 0 Å². The number of amides is 2. The van der Waals surface area contributed by atoms with Gasteiger partial charge in [-0.15, -0.1) is 0 Å². The molecule has 1 aliphatic rings. The summed E-state index contributed by atoms with van der Waals surface area (Å²) in [6, 6.07) is 7.89. The average Bonchev–Trinajstić information content (AvgIpc) is 2.48. The van der Waals surface area contributed by atoms with E-state index in [9.17, 15) is 9.59 Å². The van der Waals surface area contributed by atoms with Crippen LogP contribution in [0.4, 0.5) is 5.69 Å². The molecule has 4 heteroatoms. The van der Waals surface area contributed by atoms with Gasteiger partial charge in [-0.3, -0.25) is 9.59 Å². The van der Waals surface area contributed by atoms with Crippen molar-refractivity contribution in [3.8, 4) is 0 Å². The van der Waals surface area contributed by atoms with E-state index in [1.165, 1.54) is 6.42 Å². The van der Waals surface area contributed by atoms with Crippen molar-refractivity contribution in [2.24, 2.45) is 0 Å². The molecule has 4 nitrogen and oxygen atoms in total. The minimum Gasteiger partial charge on any atom is -0.331 e. The van der Waals surface area contributed by atoms with Crippen molar-refractivity contribution in [1.29, 1.82) is 0 Å². The van der Waals surface area contributed by atoms with Crippen LogP contribution in [0.5, 0.6) is 0 Å². The number of benzene rings is 1. The second-order valence-corrected chi connectivity index (χ2v) is 5.80. The summed E-state index contributed by atoms with van der Waals surface area (Å²) < 4.78 is 0. The molecule has 0 radical (unpaired) electrons. The van der Waals surface area contributed by atoms with Crippen molar-refractivity contribution in [3.05, 3.63) is 29.8 Å². The Morgan fingerprint density at radius 1 is 1.19 bits per heavy atom. The molecule has 0 heterocycles. The van der Waals surface area contributed by atoms with Gasteiger partial charge in [0, 0.05) is 18.7 Å². The van der Waals surface area contributed by atoms with E-state index in [0.717, 1.165) is 36.9 Å². The molecule has 1 fully saturated rings. The molecular weight excluding hydrogens is 264 g/mol. The number of carbonyl (C=O) groups excluding carboxylic acids is 2. The highest BCUT2D eigenvalue weighted by atomic mass is 16.2. The first-order valence-corrected chi connectivity index (χ1v) is 7.70. The molecule has 1 aromatic carbocycles. The molecule has 2 rings (SSSR count). The minimum atomic E-state index is -0.120. The van der Waals surface area contributed by atoms with E-state index in [1.807, 2.05) is 31.2 Å². The molecule has 0 spiro atoms. The fourth-order valence-corrected chi connectivity index (χ4v) is 2.95. The smallest absolute Gasteiger partial charge is 0.244 e. The van der Waals surface area contributed by atoms with Gasteiger partial charge >= 0.3 is 0 Å². The lowest BCUT2D eigenvalue weighted by molar-refractivity contribution is -0.135. The molecule has 1 aliphatic carbocycles. The van der Waals surface area contributed by atoms with Crippen LogP contribution in [0.25, 0.3) is 0 Å². The SMILES string of the molecule is CC(=O)N(CC(=O)Nc1ccccc1C)C1CCCCC1. The maximum absolute atomic E-state index is 12.2. The van der Waals surface area contributed by atoms with Crippen LogP contribution in [-0.2, 0) is 9.59 Å². The molecule has 1 saturated carbocycles. The van der Waals surface area contributed by atoms with Crippen LogP contribution < -0.4 is 5.32 Å². The van der Waals surface area contributed by atoms with Crippen molar-refractivity contribution < 1.29 is 9.59 Å². The normalized spacial score (nSPS) is 15.5. The van der Waals surface area contributed by atoms with Crippen molar-refractivity contribution >= 4 is 17.5 Å². The Labute approximate surface area is 126 Å². The van der Waals surface area contributed by atoms with E-state index in [1.54, 1.807) is 11.8 Å². The highest BCUT2D eigenvalue weighted by Crippen LogP contribution is 2.23. The third-order valence-electron chi connectivity index (χ3n) is 4.15. The maximum Gasteiger partial charge on any atom is 0.244 e. The highest BCUT2D eigenvalue weighted by Gasteiger charge is 2.25. The second kappa shape index (κ2) is 7.25. The van der Waals surface area contributed by atoms with Crippen LogP contribution in [0.1, 0.15) is 44.6 Å². The lowest BCUT2D eigenvalue weighted by Gasteiger charge is -2.33. The topological polar surface area (TPSA) is 49.4 Å². The fourth-order valence-electron chi connectivity index (χ4n) is 2.95. The molecule has 2 amide bonds. The van der Waals surface area contributed by atoms with Crippen molar-refractivity contribution in [2.45, 2.75) is 52.0 Å². The summed E-state index contributed by atoms with van der Waals surface area (Å²) in [4.78, 5) is 25.8. The number of hydrogen-bond donors (Lipinski definition) is 1. The third-order valence-corrected chi connectivity index (χ3v) is 4.15. The zero-order valence-electron chi connectivity index (χ0n) is 12.9. The van der Waals surface area contributed by atoms with Crippen LogP contribution >= 0.6 is 0 Å². The van der Waals surface area contributed by atoms with Gasteiger partial charge in [-0.05, 0) is 31.4 Å². The van der Waals surface area contributed by atoms with Gasteiger partial charge < -0.3 is 10.2 Å². The number of nitrogens with zero attached hydrogens (tertiary/aromatic N) is 1. The summed E-state index contributed by atoms with van der Waals surface area (Å²) >= 11 is 0. The van der Waals surface area contributed by atoms with Gasteiger partial charge in [-0.25, -0.2) is 0 Å². The van der Waals surface area contributed by atoms with Crippen LogP contribution in [-0.4, -0.2) is 29.3 Å². The van der Waals surface area contributed by atoms with E-state index in [0.29, 0.717) is 0 Å². The molecule has 0 atom stereocenters. The molecular formula is C17H24N2O2. The van der Waals surface area contributed by atoms with E-state index in [2.05, 4.69) is 5.32 Å². The number of anilines is 1. The molecule has 0 aromatic heterocycles. The van der Waals surface area contributed by atoms with Crippen LogP contribution in [0.15, 0.2) is 24.3 Å². The molecule has 1 aromatic rings. The fraction of sp³-hybridized carbons (Fsp3) is 0.529. The van der Waals surface area contributed by atoms with Gasteiger partial charge in [0.25, 0.3) is 0 Å². The lowest BCUT2D eigenvalue weighted by Crippen LogP contribution is -2.44. The molecule has 0 saturated heterocycles. The maximum atomic E-state index is 12.2. The first-order valence-electron chi connectivity index (χ1n) is 7.70. The molecule has 0 unspecified atom stereocenters. The van der Waals surface area contributed by atoms with E-state index < -0.39 is 0 Å². The summed E-state index contributed by atoms with van der Waals surface area (Å²) in [5, 5.41) is 2.90. The Morgan fingerprint density at radius 2 is 1.86 bits per heavy atom. The second-order valence-electron chi connectivity index (χ2n) is 5.80. The quantitative estimate of drug-likeness (QED) is 0.925. The Hall–Kier alpha value is -1.84. The summed E-state index contributed by atoms with van der Waals surface area (Å²) in [7, 11) is 0. The van der Waals surface area contributed by atoms with Crippen molar-refractivity contribution in [1.82, 2.24) is 4.90 Å². The van der Waals surface area contributed by atoms with E-state index >= 15 is 0 Å². The molecule has 1 N–H and O–H groups in total. The van der Waals surface area contributed by atoms with Gasteiger partial charge in [0.2, 0.25) is 11.8 Å². The number of carbonyl (C=O) groups is 2. The Morgan fingerprint density at radius 3 is 2.48 bits per heavy atom. The Bertz CT molecular complexity index is 507. The highest BCUT2D eigenvalue weighted by molar-refractivity contribution is 5.94. The van der Waals surface area contributed by atoms with E-state index in [-0.39, 0.29) is 24.4 Å². The lowest BCUT2D eigenvalue weighted by atomic mass is 9.94. The Kier molecular flexibility index (Phi) is 5.37. The number of hydrogen-bond acceptors (Lipinski definition) is 2. The minimum absolute atomic E-state index is 0.0122. The van der Waals surface area contributed by atoms with E-state index in [4.69, 9.17) is 0 Å². The number of para-hydroxylation sites is 1. The average molecular weight is 288 g/mol. The standard InChI is InChI=1S/C17H24N2O2/c1-13-8-6-7-11-16(13)18-17(21)12-19(14(2)20)15-9-4-3-5-10-15/h6-8,11,15H,3-5,9-10,12H2,1-2H3,(H,18,21). The Balaban J connectivity index is 1.98. The van der Waals surface area contributed by atoms with Crippen LogP contribution in [0.2, 0.25) is 0 Å². The van der Waals surface area contributed by atoms with Gasteiger partial charge in [0.1, 0.15) is 6.54 Å². The third kappa shape index (κ3) is 4.31. The first-order chi connectivity index (χ1) is 10.1. The predicted octanol–water partition coefficient (Wildman–Crippen LogP) is 3.11. The van der Waals surface area contributed by atoms with Gasteiger partial charge in [-0.2, -0.15) is 0 Å². The largest absolute Gasteiger partial charge is 0.331 e. The van der Waals surface area contributed by atoms with Gasteiger partial charge in [-0.1, -0.05) is 37.5 Å². The molecule has 0 bridgehead atoms.